The van der Waals surface area contributed by atoms with Gasteiger partial charge in [0.25, 0.3) is 0 Å². The number of thioether (sulfide) groups is 1. The van der Waals surface area contributed by atoms with Crippen molar-refractivity contribution in [1.82, 2.24) is 9.97 Å². The van der Waals surface area contributed by atoms with Crippen molar-refractivity contribution in [2.75, 3.05) is 0 Å². The Labute approximate surface area is 106 Å². The number of nitrogens with zero attached hydrogens (tertiary/aromatic N) is 2. The van der Waals surface area contributed by atoms with Gasteiger partial charge in [0.1, 0.15) is 5.25 Å². The van der Waals surface area contributed by atoms with Gasteiger partial charge in [-0.25, -0.2) is 9.97 Å². The zero-order valence-electron chi connectivity index (χ0n) is 10.4. The summed E-state index contributed by atoms with van der Waals surface area (Å²) in [5.41, 5.74) is 1.75. The average Bonchev–Trinajstić information content (AvgIpc) is 2.22. The van der Waals surface area contributed by atoms with Crippen LogP contribution in [0.15, 0.2) is 11.2 Å². The van der Waals surface area contributed by atoms with Gasteiger partial charge in [0.2, 0.25) is 0 Å². The van der Waals surface area contributed by atoms with Crippen molar-refractivity contribution in [3.63, 3.8) is 0 Å². The van der Waals surface area contributed by atoms with Gasteiger partial charge < -0.3 is 5.11 Å². The lowest BCUT2D eigenvalue weighted by molar-refractivity contribution is -0.136. The summed E-state index contributed by atoms with van der Waals surface area (Å²) in [5, 5.41) is 9.24. The van der Waals surface area contributed by atoms with Gasteiger partial charge in [0.15, 0.2) is 5.16 Å². The van der Waals surface area contributed by atoms with E-state index in [0.29, 0.717) is 11.6 Å². The summed E-state index contributed by atoms with van der Waals surface area (Å²) in [6.07, 6.45) is 2.57. The van der Waals surface area contributed by atoms with Crippen molar-refractivity contribution in [1.29, 1.82) is 0 Å². The molecule has 1 N–H and O–H groups in total. The number of aliphatic carboxylic acids is 1. The highest BCUT2D eigenvalue weighted by atomic mass is 32.2. The topological polar surface area (TPSA) is 63.1 Å². The molecule has 94 valence electrons. The zero-order valence-corrected chi connectivity index (χ0v) is 11.3. The molecule has 0 aliphatic heterocycles. The lowest BCUT2D eigenvalue weighted by Gasteiger charge is -2.10. The highest BCUT2D eigenvalue weighted by molar-refractivity contribution is 8.00. The third kappa shape index (κ3) is 4.73. The van der Waals surface area contributed by atoms with Crippen LogP contribution in [0.2, 0.25) is 0 Å². The normalized spacial score (nSPS) is 12.4. The Bertz CT molecular complexity index is 376. The van der Waals surface area contributed by atoms with Crippen LogP contribution in [-0.4, -0.2) is 26.3 Å². The van der Waals surface area contributed by atoms with E-state index in [1.807, 2.05) is 19.9 Å². The van der Waals surface area contributed by atoms with E-state index in [0.717, 1.165) is 24.2 Å². The molecular weight excluding hydrogens is 236 g/mol. The minimum absolute atomic E-state index is 0.448. The molecule has 17 heavy (non-hydrogen) atoms. The van der Waals surface area contributed by atoms with Crippen LogP contribution >= 0.6 is 11.8 Å². The van der Waals surface area contributed by atoms with Crippen molar-refractivity contribution >= 4 is 17.7 Å². The maximum Gasteiger partial charge on any atom is 0.317 e. The Kier molecular flexibility index (Phi) is 5.41. The largest absolute Gasteiger partial charge is 0.480 e. The minimum Gasteiger partial charge on any atom is -0.480 e. The maximum absolute atomic E-state index is 11.1. The molecule has 0 aliphatic rings. The van der Waals surface area contributed by atoms with E-state index in [-0.39, 0.29) is 0 Å². The van der Waals surface area contributed by atoms with Crippen LogP contribution < -0.4 is 0 Å². The second-order valence-electron chi connectivity index (χ2n) is 4.02. The van der Waals surface area contributed by atoms with E-state index in [4.69, 9.17) is 5.11 Å². The number of hydrogen-bond acceptors (Lipinski definition) is 4. The molecule has 0 saturated heterocycles. The Hall–Kier alpha value is -1.10. The molecule has 0 aromatic carbocycles. The molecule has 1 rings (SSSR count). The molecule has 0 bridgehead atoms. The van der Waals surface area contributed by atoms with E-state index in [9.17, 15) is 4.79 Å². The van der Waals surface area contributed by atoms with Gasteiger partial charge in [-0.15, -0.1) is 0 Å². The molecule has 0 spiro atoms. The lowest BCUT2D eigenvalue weighted by atomic mass is 10.2. The predicted molar refractivity (Wildman–Crippen MR) is 68.3 cm³/mol. The molecule has 1 heterocycles. The van der Waals surface area contributed by atoms with Gasteiger partial charge >= 0.3 is 5.97 Å². The first kappa shape index (κ1) is 14.0. The molecule has 0 unspecified atom stereocenters. The van der Waals surface area contributed by atoms with Gasteiger partial charge in [0, 0.05) is 11.4 Å². The molecule has 4 nitrogen and oxygen atoms in total. The molecular formula is C12H18N2O2S. The number of rotatable bonds is 6. The molecule has 0 saturated carbocycles. The van der Waals surface area contributed by atoms with Gasteiger partial charge in [-0.2, -0.15) is 0 Å². The summed E-state index contributed by atoms with van der Waals surface area (Å²) in [4.78, 5) is 19.6. The highest BCUT2D eigenvalue weighted by Crippen LogP contribution is 2.24. The molecule has 0 fully saturated rings. The fourth-order valence-electron chi connectivity index (χ4n) is 1.50. The van der Waals surface area contributed by atoms with Crippen molar-refractivity contribution in [3.05, 3.63) is 17.5 Å². The van der Waals surface area contributed by atoms with Crippen molar-refractivity contribution in [2.45, 2.75) is 50.4 Å². The average molecular weight is 254 g/mol. The van der Waals surface area contributed by atoms with Crippen LogP contribution in [0.25, 0.3) is 0 Å². The molecule has 0 aliphatic carbocycles. The number of carboxylic acids is 1. The van der Waals surface area contributed by atoms with Gasteiger partial charge in [0.05, 0.1) is 0 Å². The molecule has 1 aromatic rings. The fourth-order valence-corrected chi connectivity index (χ4v) is 2.53. The van der Waals surface area contributed by atoms with Crippen LogP contribution in [-0.2, 0) is 4.79 Å². The highest BCUT2D eigenvalue weighted by Gasteiger charge is 2.19. The number of carboxylic acid groups (broad SMARTS) is 1. The third-order valence-corrected chi connectivity index (χ3v) is 3.42. The molecule has 0 radical (unpaired) electrons. The molecule has 5 heteroatoms. The van der Waals surface area contributed by atoms with Crippen LogP contribution in [0.5, 0.6) is 0 Å². The quantitative estimate of drug-likeness (QED) is 0.624. The summed E-state index contributed by atoms with van der Waals surface area (Å²) in [6.45, 7) is 5.83. The van der Waals surface area contributed by atoms with E-state index >= 15 is 0 Å². The van der Waals surface area contributed by atoms with E-state index in [1.54, 1.807) is 0 Å². The molecule has 0 amide bonds. The summed E-state index contributed by atoms with van der Waals surface area (Å²) in [6, 6.07) is 1.88. The van der Waals surface area contributed by atoms with E-state index in [2.05, 4.69) is 16.9 Å². The Morgan fingerprint density at radius 2 is 2.00 bits per heavy atom. The van der Waals surface area contributed by atoms with Crippen LogP contribution in [0, 0.1) is 13.8 Å². The monoisotopic (exact) mass is 254 g/mol. The summed E-state index contributed by atoms with van der Waals surface area (Å²) in [5.74, 6) is -0.786. The number of carbonyl (C=O) groups is 1. The first-order valence-electron chi connectivity index (χ1n) is 5.74. The van der Waals surface area contributed by atoms with E-state index < -0.39 is 11.2 Å². The number of unbranched alkanes of at least 4 members (excludes halogenated alkanes) is 1. The van der Waals surface area contributed by atoms with Crippen LogP contribution in [0.1, 0.15) is 37.6 Å². The number of aryl methyl sites for hydroxylation is 2. The molecule has 1 aromatic heterocycles. The second-order valence-corrected chi connectivity index (χ2v) is 5.19. The predicted octanol–water partition coefficient (Wildman–Crippen LogP) is 2.83. The van der Waals surface area contributed by atoms with Gasteiger partial charge in [-0.05, 0) is 26.3 Å². The number of aromatic nitrogens is 2. The summed E-state index contributed by atoms with van der Waals surface area (Å²) < 4.78 is 0. The van der Waals surface area contributed by atoms with Crippen LogP contribution in [0.4, 0.5) is 0 Å². The number of hydrogen-bond donors (Lipinski definition) is 1. The fraction of sp³-hybridized carbons (Fsp3) is 0.583. The van der Waals surface area contributed by atoms with Crippen molar-refractivity contribution in [3.8, 4) is 0 Å². The van der Waals surface area contributed by atoms with Crippen molar-refractivity contribution < 1.29 is 9.90 Å². The second kappa shape index (κ2) is 6.59. The molecule has 1 atom stereocenters. The Morgan fingerprint density at radius 3 is 2.47 bits per heavy atom. The minimum atomic E-state index is -0.786. The SMILES string of the molecule is CCCC[C@@H](Sc1nc(C)cc(C)n1)C(=O)O. The maximum atomic E-state index is 11.1. The lowest BCUT2D eigenvalue weighted by Crippen LogP contribution is -2.16. The van der Waals surface area contributed by atoms with E-state index in [1.165, 1.54) is 11.8 Å². The first-order chi connectivity index (χ1) is 8.02. The van der Waals surface area contributed by atoms with Gasteiger partial charge in [-0.1, -0.05) is 31.5 Å². The zero-order chi connectivity index (χ0) is 12.8. The standard InChI is InChI=1S/C12H18N2O2S/c1-4-5-6-10(11(15)16)17-12-13-8(2)7-9(3)14-12/h7,10H,4-6H2,1-3H3,(H,15,16)/t10-/m1/s1. The first-order valence-corrected chi connectivity index (χ1v) is 6.62. The summed E-state index contributed by atoms with van der Waals surface area (Å²) in [7, 11) is 0. The third-order valence-electron chi connectivity index (χ3n) is 2.30. The smallest absolute Gasteiger partial charge is 0.317 e. The Morgan fingerprint density at radius 1 is 1.41 bits per heavy atom. The van der Waals surface area contributed by atoms with Crippen molar-refractivity contribution in [2.24, 2.45) is 0 Å². The van der Waals surface area contributed by atoms with Gasteiger partial charge in [-0.3, -0.25) is 4.79 Å². The van der Waals surface area contributed by atoms with Crippen LogP contribution in [0.3, 0.4) is 0 Å². The summed E-state index contributed by atoms with van der Waals surface area (Å²) >= 11 is 1.24. The Balaban J connectivity index is 2.74.